The smallest absolute Gasteiger partial charge is 0.185 e. The molecule has 1 rings (SSSR count). The Kier molecular flexibility index (Phi) is 5.07. The number of hydrogen-bond donors (Lipinski definition) is 1. The summed E-state index contributed by atoms with van der Waals surface area (Å²) in [7, 11) is 1.83. The number of rotatable bonds is 6. The number of aliphatic hydroxyl groups excluding tert-OH is 1. The lowest BCUT2D eigenvalue weighted by molar-refractivity contribution is 0.0152. The highest BCUT2D eigenvalue weighted by Crippen LogP contribution is 2.14. The van der Waals surface area contributed by atoms with E-state index in [9.17, 15) is 5.11 Å². The van der Waals surface area contributed by atoms with Gasteiger partial charge in [0.1, 0.15) is 6.33 Å². The molecular formula is C9H17N3O2S. The largest absolute Gasteiger partial charge is 0.390 e. The van der Waals surface area contributed by atoms with Crippen LogP contribution in [0.1, 0.15) is 13.8 Å². The molecule has 1 aromatic rings. The van der Waals surface area contributed by atoms with Crippen molar-refractivity contribution in [2.75, 3.05) is 12.4 Å². The molecule has 5 nitrogen and oxygen atoms in total. The van der Waals surface area contributed by atoms with Gasteiger partial charge in [0.25, 0.3) is 0 Å². The first kappa shape index (κ1) is 12.5. The van der Waals surface area contributed by atoms with Gasteiger partial charge >= 0.3 is 0 Å². The van der Waals surface area contributed by atoms with Crippen LogP contribution in [0.2, 0.25) is 0 Å². The molecular weight excluding hydrogens is 214 g/mol. The van der Waals surface area contributed by atoms with Crippen molar-refractivity contribution in [3.8, 4) is 0 Å². The van der Waals surface area contributed by atoms with Crippen LogP contribution in [-0.4, -0.2) is 44.4 Å². The van der Waals surface area contributed by atoms with Gasteiger partial charge in [-0.3, -0.25) is 0 Å². The van der Waals surface area contributed by atoms with Crippen LogP contribution in [0, 0.1) is 0 Å². The Balaban J connectivity index is 2.22. The van der Waals surface area contributed by atoms with E-state index in [0.717, 1.165) is 5.16 Å². The van der Waals surface area contributed by atoms with Gasteiger partial charge in [0.15, 0.2) is 5.16 Å². The first-order chi connectivity index (χ1) is 7.09. The standard InChI is InChI=1S/C9H17N3O2S/c1-7(2)14-4-8(13)5-15-9-10-6-11-12(9)3/h6-8,13H,4-5H2,1-3H3. The highest BCUT2D eigenvalue weighted by molar-refractivity contribution is 7.99. The number of thioether (sulfide) groups is 1. The van der Waals surface area contributed by atoms with Crippen molar-refractivity contribution in [2.24, 2.45) is 7.05 Å². The minimum Gasteiger partial charge on any atom is -0.390 e. The fraction of sp³-hybridized carbons (Fsp3) is 0.778. The van der Waals surface area contributed by atoms with E-state index in [1.807, 2.05) is 20.9 Å². The van der Waals surface area contributed by atoms with Crippen molar-refractivity contribution in [1.82, 2.24) is 14.8 Å². The normalized spacial score (nSPS) is 13.4. The third-order valence-electron chi connectivity index (χ3n) is 1.70. The first-order valence-corrected chi connectivity index (χ1v) is 5.84. The Labute approximate surface area is 93.8 Å². The van der Waals surface area contributed by atoms with E-state index in [0.29, 0.717) is 12.4 Å². The third kappa shape index (κ3) is 4.63. The van der Waals surface area contributed by atoms with E-state index in [4.69, 9.17) is 4.74 Å². The predicted octanol–water partition coefficient (Wildman–Crippen LogP) is 0.693. The van der Waals surface area contributed by atoms with Crippen LogP contribution in [0.3, 0.4) is 0 Å². The molecule has 0 aliphatic heterocycles. The molecule has 1 N–H and O–H groups in total. The molecule has 0 amide bonds. The summed E-state index contributed by atoms with van der Waals surface area (Å²) >= 11 is 1.47. The molecule has 0 fully saturated rings. The Morgan fingerprint density at radius 2 is 2.33 bits per heavy atom. The van der Waals surface area contributed by atoms with Gasteiger partial charge in [-0.2, -0.15) is 5.10 Å². The molecule has 1 unspecified atom stereocenters. The average Bonchev–Trinajstić information content (AvgIpc) is 2.58. The van der Waals surface area contributed by atoms with Crippen molar-refractivity contribution >= 4 is 11.8 Å². The van der Waals surface area contributed by atoms with Gasteiger partial charge in [-0.1, -0.05) is 11.8 Å². The highest BCUT2D eigenvalue weighted by Gasteiger charge is 2.08. The molecule has 0 aliphatic carbocycles. The molecule has 0 aliphatic rings. The van der Waals surface area contributed by atoms with Gasteiger partial charge in [0.05, 0.1) is 18.8 Å². The zero-order valence-corrected chi connectivity index (χ0v) is 10.1. The minimum atomic E-state index is -0.464. The third-order valence-corrected chi connectivity index (χ3v) is 2.88. The lowest BCUT2D eigenvalue weighted by Crippen LogP contribution is -2.20. The van der Waals surface area contributed by atoms with Crippen LogP contribution >= 0.6 is 11.8 Å². The zero-order chi connectivity index (χ0) is 11.3. The number of nitrogens with zero attached hydrogens (tertiary/aromatic N) is 3. The fourth-order valence-corrected chi connectivity index (χ4v) is 1.73. The van der Waals surface area contributed by atoms with Gasteiger partial charge in [-0.15, -0.1) is 0 Å². The summed E-state index contributed by atoms with van der Waals surface area (Å²) in [5.41, 5.74) is 0. The second-order valence-electron chi connectivity index (χ2n) is 3.51. The Morgan fingerprint density at radius 3 is 2.87 bits per heavy atom. The zero-order valence-electron chi connectivity index (χ0n) is 9.25. The number of aromatic nitrogens is 3. The first-order valence-electron chi connectivity index (χ1n) is 4.86. The van der Waals surface area contributed by atoms with E-state index in [2.05, 4.69) is 10.1 Å². The topological polar surface area (TPSA) is 60.2 Å². The van der Waals surface area contributed by atoms with Crippen molar-refractivity contribution in [1.29, 1.82) is 0 Å². The van der Waals surface area contributed by atoms with E-state index < -0.39 is 6.10 Å². The van der Waals surface area contributed by atoms with Crippen molar-refractivity contribution < 1.29 is 9.84 Å². The maximum atomic E-state index is 9.58. The fourth-order valence-electron chi connectivity index (χ4n) is 0.939. The van der Waals surface area contributed by atoms with E-state index in [1.54, 1.807) is 4.68 Å². The number of aliphatic hydroxyl groups is 1. The second-order valence-corrected chi connectivity index (χ2v) is 4.50. The molecule has 0 spiro atoms. The Morgan fingerprint density at radius 1 is 1.60 bits per heavy atom. The monoisotopic (exact) mass is 231 g/mol. The summed E-state index contributed by atoms with van der Waals surface area (Å²) in [6.45, 7) is 4.26. The van der Waals surface area contributed by atoms with Crippen molar-refractivity contribution in [2.45, 2.75) is 31.2 Å². The summed E-state index contributed by atoms with van der Waals surface area (Å²) in [6, 6.07) is 0. The molecule has 0 saturated heterocycles. The molecule has 86 valence electrons. The van der Waals surface area contributed by atoms with Crippen LogP contribution in [-0.2, 0) is 11.8 Å². The highest BCUT2D eigenvalue weighted by atomic mass is 32.2. The SMILES string of the molecule is CC(C)OCC(O)CSc1ncnn1C. The summed E-state index contributed by atoms with van der Waals surface area (Å²) in [5.74, 6) is 0.569. The van der Waals surface area contributed by atoms with E-state index in [1.165, 1.54) is 18.1 Å². The molecule has 0 aromatic carbocycles. The van der Waals surface area contributed by atoms with Crippen molar-refractivity contribution in [3.05, 3.63) is 6.33 Å². The van der Waals surface area contributed by atoms with Gasteiger partial charge in [0, 0.05) is 12.8 Å². The van der Waals surface area contributed by atoms with Crippen LogP contribution in [0.25, 0.3) is 0 Å². The maximum absolute atomic E-state index is 9.58. The molecule has 1 aromatic heterocycles. The summed E-state index contributed by atoms with van der Waals surface area (Å²) in [6.07, 6.45) is 1.19. The quantitative estimate of drug-likeness (QED) is 0.730. The predicted molar refractivity (Wildman–Crippen MR) is 58.8 cm³/mol. The molecule has 1 atom stereocenters. The molecule has 6 heteroatoms. The van der Waals surface area contributed by atoms with Gasteiger partial charge in [0.2, 0.25) is 0 Å². The molecule has 15 heavy (non-hydrogen) atoms. The Bertz CT molecular complexity index is 291. The van der Waals surface area contributed by atoms with E-state index >= 15 is 0 Å². The molecule has 0 saturated carbocycles. The lowest BCUT2D eigenvalue weighted by Gasteiger charge is -2.12. The Hall–Kier alpha value is -0.590. The van der Waals surface area contributed by atoms with Crippen LogP contribution in [0.5, 0.6) is 0 Å². The van der Waals surface area contributed by atoms with Crippen LogP contribution < -0.4 is 0 Å². The summed E-state index contributed by atoms with van der Waals surface area (Å²) in [5, 5.41) is 14.3. The molecule has 0 radical (unpaired) electrons. The summed E-state index contributed by atoms with van der Waals surface area (Å²) < 4.78 is 6.98. The summed E-state index contributed by atoms with van der Waals surface area (Å²) in [4.78, 5) is 4.05. The van der Waals surface area contributed by atoms with Gasteiger partial charge in [-0.25, -0.2) is 9.67 Å². The lowest BCUT2D eigenvalue weighted by atomic mass is 10.4. The van der Waals surface area contributed by atoms with Crippen LogP contribution in [0.15, 0.2) is 11.5 Å². The average molecular weight is 231 g/mol. The van der Waals surface area contributed by atoms with Gasteiger partial charge < -0.3 is 9.84 Å². The molecule has 1 heterocycles. The van der Waals surface area contributed by atoms with Gasteiger partial charge in [-0.05, 0) is 13.8 Å². The second kappa shape index (κ2) is 6.09. The minimum absolute atomic E-state index is 0.152. The van der Waals surface area contributed by atoms with Crippen LogP contribution in [0.4, 0.5) is 0 Å². The number of hydrogen-bond acceptors (Lipinski definition) is 5. The number of aryl methyl sites for hydroxylation is 1. The van der Waals surface area contributed by atoms with E-state index in [-0.39, 0.29) is 6.10 Å². The maximum Gasteiger partial charge on any atom is 0.185 e. The molecule has 0 bridgehead atoms. The van der Waals surface area contributed by atoms with Crippen molar-refractivity contribution in [3.63, 3.8) is 0 Å². The number of ether oxygens (including phenoxy) is 1.